The molecule has 0 amide bonds. The number of fused-ring (bicyclic) bond motifs is 3. The second-order valence-electron chi connectivity index (χ2n) is 6.73. The van der Waals surface area contributed by atoms with Crippen LogP contribution in [0.5, 0.6) is 5.75 Å². The molecular weight excluding hydrogens is 528 g/mol. The zero-order valence-electron chi connectivity index (χ0n) is 15.5. The van der Waals surface area contributed by atoms with Crippen LogP contribution < -0.4 is 14.8 Å². The van der Waals surface area contributed by atoms with Crippen LogP contribution in [-0.4, -0.2) is 9.38 Å². The fraction of sp³-hybridized carbons (Fsp3) is 0.0435. The highest BCUT2D eigenvalue weighted by atomic mass is 79.9. The van der Waals surface area contributed by atoms with Crippen molar-refractivity contribution in [3.8, 4) is 5.75 Å². The molecule has 0 fully saturated rings. The summed E-state index contributed by atoms with van der Waals surface area (Å²) in [5.41, 5.74) is 3.66. The molecule has 0 saturated carbocycles. The van der Waals surface area contributed by atoms with Gasteiger partial charge in [0.05, 0.1) is 15.6 Å². The molecule has 0 bridgehead atoms. The Labute approximate surface area is 192 Å². The van der Waals surface area contributed by atoms with Crippen molar-refractivity contribution in [1.82, 2.24) is 9.38 Å². The van der Waals surface area contributed by atoms with Gasteiger partial charge < -0.3 is 4.74 Å². The summed E-state index contributed by atoms with van der Waals surface area (Å²) in [6.45, 7) is 0.469. The van der Waals surface area contributed by atoms with E-state index in [1.54, 1.807) is 4.40 Å². The first-order valence-corrected chi connectivity index (χ1v) is 11.6. The Hall–Kier alpha value is -2.48. The van der Waals surface area contributed by atoms with Crippen LogP contribution in [0.2, 0.25) is 0 Å². The Balaban J connectivity index is 1.40. The highest BCUT2D eigenvalue weighted by molar-refractivity contribution is 9.11. The van der Waals surface area contributed by atoms with Crippen molar-refractivity contribution in [2.24, 2.45) is 0 Å². The number of benzene rings is 3. The van der Waals surface area contributed by atoms with Crippen molar-refractivity contribution < 1.29 is 4.74 Å². The Kier molecular flexibility index (Phi) is 5.18. The van der Waals surface area contributed by atoms with Gasteiger partial charge in [0, 0.05) is 14.5 Å². The maximum atomic E-state index is 12.9. The van der Waals surface area contributed by atoms with Gasteiger partial charge in [-0.1, -0.05) is 73.5 Å². The van der Waals surface area contributed by atoms with E-state index in [4.69, 9.17) is 4.74 Å². The van der Waals surface area contributed by atoms with Crippen LogP contribution in [0.1, 0.15) is 11.1 Å². The lowest BCUT2D eigenvalue weighted by Gasteiger charge is -2.08. The molecule has 2 heterocycles. The van der Waals surface area contributed by atoms with Crippen LogP contribution in [0.15, 0.2) is 80.5 Å². The minimum absolute atomic E-state index is 0.0379. The molecule has 7 heteroatoms. The van der Waals surface area contributed by atoms with Crippen LogP contribution >= 0.6 is 43.2 Å². The summed E-state index contributed by atoms with van der Waals surface area (Å²) < 4.78 is 10.3. The first kappa shape index (κ1) is 19.5. The van der Waals surface area contributed by atoms with Crippen molar-refractivity contribution in [2.75, 3.05) is 0 Å². The Morgan fingerprint density at radius 3 is 2.63 bits per heavy atom. The van der Waals surface area contributed by atoms with Gasteiger partial charge in [-0.05, 0) is 48.0 Å². The molecule has 0 aliphatic heterocycles. The molecule has 0 atom stereocenters. The third-order valence-electron chi connectivity index (χ3n) is 4.73. The van der Waals surface area contributed by atoms with E-state index in [-0.39, 0.29) is 5.56 Å². The molecule has 4 nitrogen and oxygen atoms in total. The standard InChI is InChI=1S/C23H14Br2N2O2S/c24-16-8-7-15(18(25)12-16)13-29-17-9-5-14(6-10-17)11-21-22(28)27-20-4-2-1-3-19(20)26-23(27)30-21/h1-12H,13H2. The molecule has 2 aromatic heterocycles. The van der Waals surface area contributed by atoms with E-state index in [2.05, 4.69) is 36.8 Å². The lowest BCUT2D eigenvalue weighted by molar-refractivity contribution is 0.305. The summed E-state index contributed by atoms with van der Waals surface area (Å²) in [7, 11) is 0. The van der Waals surface area contributed by atoms with Crippen LogP contribution in [0.3, 0.4) is 0 Å². The molecule has 148 valence electrons. The summed E-state index contributed by atoms with van der Waals surface area (Å²) in [6, 6.07) is 21.4. The van der Waals surface area contributed by atoms with Crippen LogP contribution in [0, 0.1) is 0 Å². The highest BCUT2D eigenvalue weighted by Gasteiger charge is 2.10. The number of halogens is 2. The fourth-order valence-electron chi connectivity index (χ4n) is 3.22. The molecular formula is C23H14Br2N2O2S. The summed E-state index contributed by atoms with van der Waals surface area (Å²) in [6.07, 6.45) is 1.89. The zero-order chi connectivity index (χ0) is 20.7. The van der Waals surface area contributed by atoms with Crippen LogP contribution in [0.25, 0.3) is 22.1 Å². The Morgan fingerprint density at radius 2 is 1.83 bits per heavy atom. The number of para-hydroxylation sites is 2. The number of ether oxygens (including phenoxy) is 1. The predicted molar refractivity (Wildman–Crippen MR) is 128 cm³/mol. The van der Waals surface area contributed by atoms with E-state index < -0.39 is 0 Å². The normalized spacial score (nSPS) is 12.1. The van der Waals surface area contributed by atoms with Crippen molar-refractivity contribution in [3.63, 3.8) is 0 Å². The summed E-state index contributed by atoms with van der Waals surface area (Å²) in [4.78, 5) is 18.1. The Morgan fingerprint density at radius 1 is 1.03 bits per heavy atom. The minimum atomic E-state index is -0.0379. The van der Waals surface area contributed by atoms with Gasteiger partial charge in [0.2, 0.25) is 0 Å². The third kappa shape index (κ3) is 3.69. The molecule has 5 aromatic rings. The van der Waals surface area contributed by atoms with E-state index in [0.717, 1.165) is 36.9 Å². The third-order valence-corrected chi connectivity index (χ3v) is 6.93. The van der Waals surface area contributed by atoms with E-state index in [0.29, 0.717) is 16.1 Å². The predicted octanol–water partition coefficient (Wildman–Crippen LogP) is 5.56. The second-order valence-corrected chi connectivity index (χ2v) is 9.51. The average molecular weight is 542 g/mol. The zero-order valence-corrected chi connectivity index (χ0v) is 19.5. The summed E-state index contributed by atoms with van der Waals surface area (Å²) in [5.74, 6) is 0.774. The molecule has 0 radical (unpaired) electrons. The topological polar surface area (TPSA) is 43.6 Å². The first-order valence-electron chi connectivity index (χ1n) is 9.17. The van der Waals surface area contributed by atoms with Gasteiger partial charge in [0.25, 0.3) is 5.56 Å². The van der Waals surface area contributed by atoms with Crippen LogP contribution in [-0.2, 0) is 6.61 Å². The quantitative estimate of drug-likeness (QED) is 0.299. The molecule has 0 saturated heterocycles. The van der Waals surface area contributed by atoms with E-state index in [1.165, 1.54) is 11.3 Å². The lowest BCUT2D eigenvalue weighted by Crippen LogP contribution is -2.22. The van der Waals surface area contributed by atoms with Crippen molar-refractivity contribution in [1.29, 1.82) is 0 Å². The van der Waals surface area contributed by atoms with Crippen molar-refractivity contribution in [2.45, 2.75) is 6.61 Å². The van der Waals surface area contributed by atoms with Gasteiger partial charge in [-0.15, -0.1) is 0 Å². The molecule has 3 aromatic carbocycles. The van der Waals surface area contributed by atoms with Gasteiger partial charge in [-0.25, -0.2) is 9.38 Å². The number of hydrogen-bond acceptors (Lipinski definition) is 4. The molecule has 0 aliphatic carbocycles. The molecule has 0 N–H and O–H groups in total. The second kappa shape index (κ2) is 7.98. The lowest BCUT2D eigenvalue weighted by atomic mass is 10.2. The summed E-state index contributed by atoms with van der Waals surface area (Å²) >= 11 is 8.41. The van der Waals surface area contributed by atoms with Crippen molar-refractivity contribution >= 4 is 65.3 Å². The highest BCUT2D eigenvalue weighted by Crippen LogP contribution is 2.24. The van der Waals surface area contributed by atoms with Gasteiger partial charge in [-0.2, -0.15) is 0 Å². The molecule has 5 rings (SSSR count). The number of thiazole rings is 1. The number of aromatic nitrogens is 2. The van der Waals surface area contributed by atoms with Crippen molar-refractivity contribution in [3.05, 3.63) is 102 Å². The minimum Gasteiger partial charge on any atom is -0.489 e. The van der Waals surface area contributed by atoms with Crippen LogP contribution in [0.4, 0.5) is 0 Å². The van der Waals surface area contributed by atoms with E-state index in [9.17, 15) is 4.79 Å². The number of hydrogen-bond donors (Lipinski definition) is 0. The monoisotopic (exact) mass is 540 g/mol. The first-order chi connectivity index (χ1) is 14.6. The Bertz CT molecular complexity index is 1490. The van der Waals surface area contributed by atoms with Gasteiger partial charge >= 0.3 is 0 Å². The molecule has 0 spiro atoms. The molecule has 0 aliphatic rings. The number of rotatable bonds is 4. The van der Waals surface area contributed by atoms with E-state index in [1.807, 2.05) is 72.8 Å². The smallest absolute Gasteiger partial charge is 0.274 e. The maximum Gasteiger partial charge on any atom is 0.274 e. The largest absolute Gasteiger partial charge is 0.489 e. The molecule has 30 heavy (non-hydrogen) atoms. The number of nitrogens with zero attached hydrogens (tertiary/aromatic N) is 2. The summed E-state index contributed by atoms with van der Waals surface area (Å²) in [5, 5.41) is 0. The van der Waals surface area contributed by atoms with Gasteiger partial charge in [-0.3, -0.25) is 4.79 Å². The van der Waals surface area contributed by atoms with Gasteiger partial charge in [0.15, 0.2) is 4.96 Å². The van der Waals surface area contributed by atoms with Gasteiger partial charge in [0.1, 0.15) is 12.4 Å². The molecule has 0 unspecified atom stereocenters. The SMILES string of the molecule is O=c1c(=Cc2ccc(OCc3ccc(Br)cc3Br)cc2)sc2nc3ccccc3n12. The maximum absolute atomic E-state index is 12.9. The van der Waals surface area contributed by atoms with E-state index >= 15 is 0 Å². The number of imidazole rings is 1. The average Bonchev–Trinajstić information content (AvgIpc) is 3.25. The fourth-order valence-corrected chi connectivity index (χ4v) is 5.37.